The summed E-state index contributed by atoms with van der Waals surface area (Å²) in [4.78, 5) is 29.2. The highest BCUT2D eigenvalue weighted by Gasteiger charge is 2.36. The van der Waals surface area contributed by atoms with Crippen molar-refractivity contribution in [3.05, 3.63) is 63.7 Å². The molecule has 0 radical (unpaired) electrons. The number of piperazine rings is 1. The van der Waals surface area contributed by atoms with Crippen molar-refractivity contribution in [3.63, 3.8) is 0 Å². The number of halogens is 3. The number of anilines is 2. The molecule has 1 amide bonds. The summed E-state index contributed by atoms with van der Waals surface area (Å²) < 4.78 is 45.5. The second-order valence-electron chi connectivity index (χ2n) is 7.85. The maximum Gasteiger partial charge on any atom is 0.418 e. The molecular weight excluding hydrogens is 441 g/mol. The summed E-state index contributed by atoms with van der Waals surface area (Å²) in [7, 11) is 0. The molecule has 0 N–H and O–H groups in total. The Hall–Kier alpha value is -3.34. The van der Waals surface area contributed by atoms with Gasteiger partial charge in [0.1, 0.15) is 0 Å². The van der Waals surface area contributed by atoms with Crippen molar-refractivity contribution in [2.24, 2.45) is 0 Å². The van der Waals surface area contributed by atoms with Gasteiger partial charge in [0.25, 0.3) is 11.6 Å². The van der Waals surface area contributed by atoms with Crippen LogP contribution in [0.4, 0.5) is 30.2 Å². The Morgan fingerprint density at radius 2 is 1.55 bits per heavy atom. The molecule has 2 aliphatic rings. The van der Waals surface area contributed by atoms with Crippen molar-refractivity contribution in [2.75, 3.05) is 62.3 Å². The molecule has 0 saturated carbocycles. The average Bonchev–Trinajstić information content (AvgIpc) is 2.83. The number of benzene rings is 2. The van der Waals surface area contributed by atoms with E-state index in [1.807, 2.05) is 4.90 Å². The van der Waals surface area contributed by atoms with Crippen LogP contribution in [0.3, 0.4) is 0 Å². The quantitative estimate of drug-likeness (QED) is 0.510. The van der Waals surface area contributed by atoms with Crippen LogP contribution in [-0.2, 0) is 10.9 Å². The highest BCUT2D eigenvalue weighted by Crippen LogP contribution is 2.37. The Morgan fingerprint density at radius 1 is 0.909 bits per heavy atom. The molecular formula is C22H23F3N4O4. The molecule has 0 aliphatic carbocycles. The molecule has 2 heterocycles. The number of carbonyl (C=O) groups is 1. The van der Waals surface area contributed by atoms with E-state index in [1.54, 1.807) is 17.0 Å². The number of hydrogen-bond donors (Lipinski definition) is 0. The summed E-state index contributed by atoms with van der Waals surface area (Å²) in [5.41, 5.74) is 0.00149. The Labute approximate surface area is 188 Å². The van der Waals surface area contributed by atoms with Crippen LogP contribution in [0.1, 0.15) is 15.9 Å². The van der Waals surface area contributed by atoms with Gasteiger partial charge in [0, 0.05) is 57.1 Å². The fraction of sp³-hybridized carbons (Fsp3) is 0.409. The highest BCUT2D eigenvalue weighted by atomic mass is 19.4. The fourth-order valence-corrected chi connectivity index (χ4v) is 4.20. The second kappa shape index (κ2) is 9.26. The zero-order chi connectivity index (χ0) is 23.6. The molecule has 2 saturated heterocycles. The number of ether oxygens (including phenoxy) is 1. The molecule has 0 spiro atoms. The third-order valence-electron chi connectivity index (χ3n) is 5.89. The first-order valence-electron chi connectivity index (χ1n) is 10.6. The van der Waals surface area contributed by atoms with Crippen LogP contribution in [0.25, 0.3) is 0 Å². The molecule has 2 aliphatic heterocycles. The Bertz CT molecular complexity index is 1030. The van der Waals surface area contributed by atoms with Crippen LogP contribution < -0.4 is 9.80 Å². The van der Waals surface area contributed by atoms with Crippen molar-refractivity contribution in [3.8, 4) is 0 Å². The SMILES string of the molecule is O=C(c1cc([N+](=O)[O-])ccc1N1CCOCC1)N1CCN(c2ccccc2C(F)(F)F)CC1. The standard InChI is InChI=1S/C22H23F3N4O4/c23-22(24,25)18-3-1-2-4-20(18)26-7-9-28(10-8-26)21(30)17-15-16(29(31)32)5-6-19(17)27-11-13-33-14-12-27/h1-6,15H,7-14H2. The first kappa shape index (κ1) is 22.8. The molecule has 2 aromatic carbocycles. The normalized spacial score (nSPS) is 17.2. The lowest BCUT2D eigenvalue weighted by atomic mass is 10.1. The van der Waals surface area contributed by atoms with Gasteiger partial charge in [-0.2, -0.15) is 13.2 Å². The van der Waals surface area contributed by atoms with E-state index in [1.165, 1.54) is 29.2 Å². The summed E-state index contributed by atoms with van der Waals surface area (Å²) >= 11 is 0. The van der Waals surface area contributed by atoms with Crippen molar-refractivity contribution in [2.45, 2.75) is 6.18 Å². The van der Waals surface area contributed by atoms with Gasteiger partial charge < -0.3 is 19.4 Å². The van der Waals surface area contributed by atoms with Crippen molar-refractivity contribution < 1.29 is 27.6 Å². The fourth-order valence-electron chi connectivity index (χ4n) is 4.20. The van der Waals surface area contributed by atoms with Gasteiger partial charge in [0.05, 0.1) is 35.0 Å². The predicted molar refractivity (Wildman–Crippen MR) is 116 cm³/mol. The van der Waals surface area contributed by atoms with E-state index in [0.717, 1.165) is 6.07 Å². The highest BCUT2D eigenvalue weighted by molar-refractivity contribution is 6.00. The molecule has 8 nitrogen and oxygen atoms in total. The molecule has 176 valence electrons. The number of carbonyl (C=O) groups excluding carboxylic acids is 1. The van der Waals surface area contributed by atoms with E-state index in [9.17, 15) is 28.1 Å². The summed E-state index contributed by atoms with van der Waals surface area (Å²) in [6.45, 7) is 2.94. The molecule has 0 atom stereocenters. The predicted octanol–water partition coefficient (Wildman–Crippen LogP) is 3.41. The number of nitro benzene ring substituents is 1. The molecule has 2 fully saturated rings. The first-order chi connectivity index (χ1) is 15.8. The smallest absolute Gasteiger partial charge is 0.378 e. The van der Waals surface area contributed by atoms with Gasteiger partial charge in [0.2, 0.25) is 0 Å². The Balaban J connectivity index is 1.54. The lowest BCUT2D eigenvalue weighted by molar-refractivity contribution is -0.384. The zero-order valence-corrected chi connectivity index (χ0v) is 17.8. The van der Waals surface area contributed by atoms with Crippen LogP contribution in [-0.4, -0.2) is 68.2 Å². The third kappa shape index (κ3) is 4.87. The van der Waals surface area contributed by atoms with Gasteiger partial charge in [-0.1, -0.05) is 12.1 Å². The number of hydrogen-bond acceptors (Lipinski definition) is 6. The molecule has 0 unspecified atom stereocenters. The van der Waals surface area contributed by atoms with E-state index in [2.05, 4.69) is 0 Å². The number of morpholine rings is 1. The molecule has 0 aromatic heterocycles. The van der Waals surface area contributed by atoms with Gasteiger partial charge in [-0.15, -0.1) is 0 Å². The van der Waals surface area contributed by atoms with Crippen LogP contribution >= 0.6 is 0 Å². The average molecular weight is 464 g/mol. The topological polar surface area (TPSA) is 79.2 Å². The minimum atomic E-state index is -4.47. The third-order valence-corrected chi connectivity index (χ3v) is 5.89. The molecule has 2 aromatic rings. The summed E-state index contributed by atoms with van der Waals surface area (Å²) in [5, 5.41) is 11.3. The number of para-hydroxylation sites is 1. The number of amides is 1. The van der Waals surface area contributed by atoms with E-state index in [0.29, 0.717) is 32.0 Å². The number of non-ortho nitro benzene ring substituents is 1. The molecule has 33 heavy (non-hydrogen) atoms. The number of rotatable bonds is 4. The van der Waals surface area contributed by atoms with E-state index in [-0.39, 0.29) is 49.0 Å². The summed E-state index contributed by atoms with van der Waals surface area (Å²) in [6.07, 6.45) is -4.47. The van der Waals surface area contributed by atoms with E-state index in [4.69, 9.17) is 4.74 Å². The van der Waals surface area contributed by atoms with Gasteiger partial charge in [0.15, 0.2) is 0 Å². The zero-order valence-electron chi connectivity index (χ0n) is 17.8. The summed E-state index contributed by atoms with van der Waals surface area (Å²) in [5.74, 6) is -0.371. The van der Waals surface area contributed by atoms with Crippen LogP contribution in [0, 0.1) is 10.1 Å². The number of nitrogens with zero attached hydrogens (tertiary/aromatic N) is 4. The minimum absolute atomic E-state index is 0.0847. The van der Waals surface area contributed by atoms with Gasteiger partial charge in [-0.05, 0) is 18.2 Å². The molecule has 11 heteroatoms. The Morgan fingerprint density at radius 3 is 2.18 bits per heavy atom. The van der Waals surface area contributed by atoms with Crippen LogP contribution in [0.15, 0.2) is 42.5 Å². The first-order valence-corrected chi connectivity index (χ1v) is 10.6. The number of alkyl halides is 3. The van der Waals surface area contributed by atoms with E-state index >= 15 is 0 Å². The maximum atomic E-state index is 13.4. The van der Waals surface area contributed by atoms with Crippen LogP contribution in [0.2, 0.25) is 0 Å². The van der Waals surface area contributed by atoms with Crippen LogP contribution in [0.5, 0.6) is 0 Å². The molecule has 0 bridgehead atoms. The lowest BCUT2D eigenvalue weighted by Gasteiger charge is -2.38. The maximum absolute atomic E-state index is 13.4. The van der Waals surface area contributed by atoms with Crippen molar-refractivity contribution >= 4 is 23.0 Å². The Kier molecular flexibility index (Phi) is 6.41. The van der Waals surface area contributed by atoms with E-state index < -0.39 is 16.7 Å². The van der Waals surface area contributed by atoms with Gasteiger partial charge in [-0.25, -0.2) is 0 Å². The monoisotopic (exact) mass is 464 g/mol. The second-order valence-corrected chi connectivity index (χ2v) is 7.85. The molecule has 4 rings (SSSR count). The van der Waals surface area contributed by atoms with Crippen molar-refractivity contribution in [1.29, 1.82) is 0 Å². The van der Waals surface area contributed by atoms with Crippen molar-refractivity contribution in [1.82, 2.24) is 4.90 Å². The largest absolute Gasteiger partial charge is 0.418 e. The lowest BCUT2D eigenvalue weighted by Crippen LogP contribution is -2.49. The van der Waals surface area contributed by atoms with Gasteiger partial charge in [-0.3, -0.25) is 14.9 Å². The minimum Gasteiger partial charge on any atom is -0.378 e. The van der Waals surface area contributed by atoms with Gasteiger partial charge >= 0.3 is 6.18 Å². The summed E-state index contributed by atoms with van der Waals surface area (Å²) in [6, 6.07) is 9.60. The number of nitro groups is 1.